The molecule has 1 aromatic rings. The second-order valence-electron chi connectivity index (χ2n) is 3.16. The van der Waals surface area contributed by atoms with E-state index in [-0.39, 0.29) is 5.56 Å². The number of methoxy groups -OCH3 is 1. The summed E-state index contributed by atoms with van der Waals surface area (Å²) in [6, 6.07) is 4.55. The highest BCUT2D eigenvalue weighted by Gasteiger charge is 2.16. The predicted octanol–water partition coefficient (Wildman–Crippen LogP) is 2.67. The molecule has 1 N–H and O–H groups in total. The van der Waals surface area contributed by atoms with E-state index in [1.807, 2.05) is 6.92 Å². The molecule has 0 fully saturated rings. The summed E-state index contributed by atoms with van der Waals surface area (Å²) in [5, 5.41) is 9.69. The third-order valence-corrected chi connectivity index (χ3v) is 2.13. The van der Waals surface area contributed by atoms with E-state index in [1.165, 1.54) is 13.2 Å². The molecule has 78 valence electrons. The zero-order valence-electron chi connectivity index (χ0n) is 8.46. The Morgan fingerprint density at radius 2 is 2.21 bits per heavy atom. The van der Waals surface area contributed by atoms with Gasteiger partial charge in [-0.1, -0.05) is 19.4 Å². The number of benzene rings is 1. The third kappa shape index (κ3) is 2.23. The van der Waals surface area contributed by atoms with E-state index in [1.54, 1.807) is 12.1 Å². The second-order valence-corrected chi connectivity index (χ2v) is 3.16. The van der Waals surface area contributed by atoms with Crippen LogP contribution in [0.2, 0.25) is 0 Å². The maximum Gasteiger partial charge on any atom is 0.132 e. The summed E-state index contributed by atoms with van der Waals surface area (Å²) in [6.45, 7) is 1.94. The lowest BCUT2D eigenvalue weighted by Crippen LogP contribution is -2.03. The van der Waals surface area contributed by atoms with Crippen molar-refractivity contribution in [1.29, 1.82) is 0 Å². The SMILES string of the molecule is CCCC(O)c1c(F)cccc1OC. The molecule has 3 heteroatoms. The molecular formula is C11H15FO2. The molecule has 1 aromatic carbocycles. The Balaban J connectivity index is 3.03. The largest absolute Gasteiger partial charge is 0.496 e. The Hall–Kier alpha value is -1.09. The van der Waals surface area contributed by atoms with Gasteiger partial charge in [-0.2, -0.15) is 0 Å². The molecule has 0 heterocycles. The van der Waals surface area contributed by atoms with Gasteiger partial charge in [0.15, 0.2) is 0 Å². The van der Waals surface area contributed by atoms with Crippen LogP contribution < -0.4 is 4.74 Å². The number of aliphatic hydroxyl groups excluding tert-OH is 1. The molecule has 0 aromatic heterocycles. The fourth-order valence-electron chi connectivity index (χ4n) is 1.44. The van der Waals surface area contributed by atoms with Gasteiger partial charge in [-0.25, -0.2) is 4.39 Å². The van der Waals surface area contributed by atoms with Crippen molar-refractivity contribution in [2.24, 2.45) is 0 Å². The first-order valence-electron chi connectivity index (χ1n) is 4.71. The Morgan fingerprint density at radius 3 is 2.79 bits per heavy atom. The van der Waals surface area contributed by atoms with Crippen LogP contribution in [0.5, 0.6) is 5.75 Å². The van der Waals surface area contributed by atoms with E-state index in [0.717, 1.165) is 6.42 Å². The van der Waals surface area contributed by atoms with Crippen molar-refractivity contribution >= 4 is 0 Å². The predicted molar refractivity (Wildman–Crippen MR) is 52.8 cm³/mol. The van der Waals surface area contributed by atoms with E-state index in [2.05, 4.69) is 0 Å². The number of hydrogen-bond donors (Lipinski definition) is 1. The zero-order chi connectivity index (χ0) is 10.6. The van der Waals surface area contributed by atoms with Crippen LogP contribution in [0.4, 0.5) is 4.39 Å². The minimum absolute atomic E-state index is 0.261. The van der Waals surface area contributed by atoms with Crippen LogP contribution >= 0.6 is 0 Å². The van der Waals surface area contributed by atoms with Gasteiger partial charge in [0, 0.05) is 0 Å². The van der Waals surface area contributed by atoms with Crippen molar-refractivity contribution in [1.82, 2.24) is 0 Å². The number of rotatable bonds is 4. The molecule has 0 spiro atoms. The molecule has 2 nitrogen and oxygen atoms in total. The molecule has 1 atom stereocenters. The van der Waals surface area contributed by atoms with Gasteiger partial charge in [0.1, 0.15) is 11.6 Å². The lowest BCUT2D eigenvalue weighted by molar-refractivity contribution is 0.157. The first-order valence-corrected chi connectivity index (χ1v) is 4.71. The molecule has 0 saturated heterocycles. The Kier molecular flexibility index (Phi) is 3.89. The molecule has 14 heavy (non-hydrogen) atoms. The van der Waals surface area contributed by atoms with Crippen molar-refractivity contribution in [2.45, 2.75) is 25.9 Å². The molecule has 0 radical (unpaired) electrons. The van der Waals surface area contributed by atoms with Crippen molar-refractivity contribution < 1.29 is 14.2 Å². The highest BCUT2D eigenvalue weighted by molar-refractivity contribution is 5.36. The Morgan fingerprint density at radius 1 is 1.50 bits per heavy atom. The highest BCUT2D eigenvalue weighted by Crippen LogP contribution is 2.30. The van der Waals surface area contributed by atoms with E-state index in [0.29, 0.717) is 12.2 Å². The lowest BCUT2D eigenvalue weighted by Gasteiger charge is -2.14. The summed E-state index contributed by atoms with van der Waals surface area (Å²) in [4.78, 5) is 0. The van der Waals surface area contributed by atoms with Crippen LogP contribution in [0.1, 0.15) is 31.4 Å². The minimum Gasteiger partial charge on any atom is -0.496 e. The third-order valence-electron chi connectivity index (χ3n) is 2.13. The fourth-order valence-corrected chi connectivity index (χ4v) is 1.44. The molecule has 0 saturated carbocycles. The lowest BCUT2D eigenvalue weighted by atomic mass is 10.0. The summed E-state index contributed by atoms with van der Waals surface area (Å²) in [5.41, 5.74) is 0.261. The summed E-state index contributed by atoms with van der Waals surface area (Å²) in [7, 11) is 1.47. The molecule has 0 amide bonds. The summed E-state index contributed by atoms with van der Waals surface area (Å²) in [5.74, 6) is -0.00347. The molecule has 1 unspecified atom stereocenters. The van der Waals surface area contributed by atoms with Crippen molar-refractivity contribution in [2.75, 3.05) is 7.11 Å². The van der Waals surface area contributed by atoms with Crippen LogP contribution in [0.25, 0.3) is 0 Å². The van der Waals surface area contributed by atoms with Crippen molar-refractivity contribution in [3.05, 3.63) is 29.6 Å². The first-order chi connectivity index (χ1) is 6.70. The number of halogens is 1. The van der Waals surface area contributed by atoms with Crippen LogP contribution in [-0.2, 0) is 0 Å². The summed E-state index contributed by atoms with van der Waals surface area (Å²) < 4.78 is 18.4. The number of hydrogen-bond acceptors (Lipinski definition) is 2. The number of ether oxygens (including phenoxy) is 1. The molecule has 0 aliphatic carbocycles. The van der Waals surface area contributed by atoms with Gasteiger partial charge in [0.25, 0.3) is 0 Å². The van der Waals surface area contributed by atoms with Crippen LogP contribution in [0.3, 0.4) is 0 Å². The average molecular weight is 198 g/mol. The molecule has 0 aliphatic rings. The van der Waals surface area contributed by atoms with E-state index in [9.17, 15) is 9.50 Å². The van der Waals surface area contributed by atoms with E-state index in [4.69, 9.17) is 4.74 Å². The van der Waals surface area contributed by atoms with E-state index >= 15 is 0 Å². The summed E-state index contributed by atoms with van der Waals surface area (Å²) >= 11 is 0. The van der Waals surface area contributed by atoms with Crippen molar-refractivity contribution in [3.63, 3.8) is 0 Å². The maximum absolute atomic E-state index is 13.4. The van der Waals surface area contributed by atoms with Gasteiger partial charge < -0.3 is 9.84 Å². The molecular weight excluding hydrogens is 183 g/mol. The molecule has 1 rings (SSSR count). The van der Waals surface area contributed by atoms with Crippen LogP contribution in [0.15, 0.2) is 18.2 Å². The fraction of sp³-hybridized carbons (Fsp3) is 0.455. The topological polar surface area (TPSA) is 29.5 Å². The Bertz CT molecular complexity index is 299. The zero-order valence-corrected chi connectivity index (χ0v) is 8.46. The smallest absolute Gasteiger partial charge is 0.132 e. The van der Waals surface area contributed by atoms with Gasteiger partial charge in [0.05, 0.1) is 18.8 Å². The average Bonchev–Trinajstić information content (AvgIpc) is 2.17. The summed E-state index contributed by atoms with van der Waals surface area (Å²) in [6.07, 6.45) is 0.562. The van der Waals surface area contributed by atoms with Gasteiger partial charge >= 0.3 is 0 Å². The second kappa shape index (κ2) is 4.96. The van der Waals surface area contributed by atoms with Gasteiger partial charge in [-0.15, -0.1) is 0 Å². The Labute approximate surface area is 83.3 Å². The maximum atomic E-state index is 13.4. The minimum atomic E-state index is -0.781. The van der Waals surface area contributed by atoms with Gasteiger partial charge in [-0.05, 0) is 18.6 Å². The van der Waals surface area contributed by atoms with E-state index < -0.39 is 11.9 Å². The van der Waals surface area contributed by atoms with Crippen LogP contribution in [-0.4, -0.2) is 12.2 Å². The standard InChI is InChI=1S/C11H15FO2/c1-3-5-9(13)11-8(12)6-4-7-10(11)14-2/h4,6-7,9,13H,3,5H2,1-2H3. The van der Waals surface area contributed by atoms with Gasteiger partial charge in [0.2, 0.25) is 0 Å². The quantitative estimate of drug-likeness (QED) is 0.806. The number of aliphatic hydroxyl groups is 1. The normalized spacial score (nSPS) is 12.6. The highest BCUT2D eigenvalue weighted by atomic mass is 19.1. The van der Waals surface area contributed by atoms with Crippen molar-refractivity contribution in [3.8, 4) is 5.75 Å². The molecule has 0 aliphatic heterocycles. The van der Waals surface area contributed by atoms with Gasteiger partial charge in [-0.3, -0.25) is 0 Å². The van der Waals surface area contributed by atoms with Crippen LogP contribution in [0, 0.1) is 5.82 Å². The monoisotopic (exact) mass is 198 g/mol. The first kappa shape index (κ1) is 11.0. The molecule has 0 bridgehead atoms.